The average Bonchev–Trinajstić information content (AvgIpc) is 2.70. The summed E-state index contributed by atoms with van der Waals surface area (Å²) in [6.07, 6.45) is 2.37. The molecule has 3 N–H and O–H groups in total. The summed E-state index contributed by atoms with van der Waals surface area (Å²) in [5, 5.41) is 0. The van der Waals surface area contributed by atoms with Gasteiger partial charge in [-0.2, -0.15) is 11.8 Å². The fourth-order valence-electron chi connectivity index (χ4n) is 2.31. The largest absolute Gasteiger partial charge is 0.271 e. The standard InChI is InChI=1S/C12H17FN2S/c1-12(7-2-8-16-12)11(15-14)9-3-5-10(13)6-4-9/h3-6,11,15H,2,7-8,14H2,1H3. The molecule has 1 aliphatic rings. The first-order valence-corrected chi connectivity index (χ1v) is 6.50. The Hall–Kier alpha value is -0.580. The van der Waals surface area contributed by atoms with Crippen LogP contribution in [0.5, 0.6) is 0 Å². The lowest BCUT2D eigenvalue weighted by atomic mass is 9.91. The Labute approximate surface area is 99.8 Å². The summed E-state index contributed by atoms with van der Waals surface area (Å²) in [5.74, 6) is 6.62. The summed E-state index contributed by atoms with van der Waals surface area (Å²) in [5.41, 5.74) is 3.93. The van der Waals surface area contributed by atoms with E-state index in [4.69, 9.17) is 5.84 Å². The molecule has 1 aliphatic heterocycles. The molecule has 0 saturated carbocycles. The number of thioether (sulfide) groups is 1. The predicted octanol–water partition coefficient (Wildman–Crippen LogP) is 2.62. The Balaban J connectivity index is 2.25. The first-order chi connectivity index (χ1) is 7.65. The van der Waals surface area contributed by atoms with E-state index < -0.39 is 0 Å². The molecule has 88 valence electrons. The van der Waals surface area contributed by atoms with Crippen LogP contribution < -0.4 is 11.3 Å². The molecule has 1 aromatic carbocycles. The van der Waals surface area contributed by atoms with Crippen LogP contribution in [0.25, 0.3) is 0 Å². The van der Waals surface area contributed by atoms with Crippen LogP contribution in [0.3, 0.4) is 0 Å². The maximum Gasteiger partial charge on any atom is 0.123 e. The molecule has 1 heterocycles. The highest BCUT2D eigenvalue weighted by molar-refractivity contribution is 8.00. The molecule has 2 atom stereocenters. The van der Waals surface area contributed by atoms with E-state index in [-0.39, 0.29) is 16.6 Å². The van der Waals surface area contributed by atoms with Crippen molar-refractivity contribution in [3.8, 4) is 0 Å². The van der Waals surface area contributed by atoms with Gasteiger partial charge in [-0.25, -0.2) is 4.39 Å². The number of nitrogens with two attached hydrogens (primary N) is 1. The van der Waals surface area contributed by atoms with E-state index in [1.165, 1.54) is 24.3 Å². The second-order valence-electron chi connectivity index (χ2n) is 4.42. The summed E-state index contributed by atoms with van der Waals surface area (Å²) in [7, 11) is 0. The van der Waals surface area contributed by atoms with Crippen LogP contribution in [-0.2, 0) is 0 Å². The summed E-state index contributed by atoms with van der Waals surface area (Å²) in [6, 6.07) is 6.68. The number of hydrogen-bond donors (Lipinski definition) is 2. The van der Waals surface area contributed by atoms with E-state index in [1.807, 2.05) is 23.9 Å². The Kier molecular flexibility index (Phi) is 3.52. The molecule has 4 heteroatoms. The van der Waals surface area contributed by atoms with Crippen molar-refractivity contribution >= 4 is 11.8 Å². The Bertz CT molecular complexity index is 347. The summed E-state index contributed by atoms with van der Waals surface area (Å²) in [4.78, 5) is 0. The minimum Gasteiger partial charge on any atom is -0.271 e. The van der Waals surface area contributed by atoms with Crippen molar-refractivity contribution in [3.05, 3.63) is 35.6 Å². The van der Waals surface area contributed by atoms with E-state index in [0.29, 0.717) is 0 Å². The third-order valence-electron chi connectivity index (χ3n) is 3.23. The van der Waals surface area contributed by atoms with Crippen molar-refractivity contribution in [2.75, 3.05) is 5.75 Å². The second kappa shape index (κ2) is 4.73. The lowest BCUT2D eigenvalue weighted by molar-refractivity contribution is 0.420. The summed E-state index contributed by atoms with van der Waals surface area (Å²) < 4.78 is 13.0. The first kappa shape index (κ1) is 11.9. The molecule has 2 unspecified atom stereocenters. The number of rotatable bonds is 3. The SMILES string of the molecule is CC1(C(NN)c2ccc(F)cc2)CCCS1. The number of hydrazine groups is 1. The van der Waals surface area contributed by atoms with Gasteiger partial charge in [0.1, 0.15) is 5.82 Å². The molecule has 0 amide bonds. The zero-order valence-corrected chi connectivity index (χ0v) is 10.2. The van der Waals surface area contributed by atoms with Crippen molar-refractivity contribution in [1.29, 1.82) is 0 Å². The Morgan fingerprint density at radius 2 is 2.12 bits per heavy atom. The topological polar surface area (TPSA) is 38.0 Å². The van der Waals surface area contributed by atoms with Crippen LogP contribution in [-0.4, -0.2) is 10.5 Å². The smallest absolute Gasteiger partial charge is 0.123 e. The van der Waals surface area contributed by atoms with E-state index in [2.05, 4.69) is 12.3 Å². The fraction of sp³-hybridized carbons (Fsp3) is 0.500. The van der Waals surface area contributed by atoms with Crippen LogP contribution >= 0.6 is 11.8 Å². The zero-order chi connectivity index (χ0) is 11.6. The molecule has 16 heavy (non-hydrogen) atoms. The monoisotopic (exact) mass is 240 g/mol. The minimum atomic E-state index is -0.205. The van der Waals surface area contributed by atoms with Gasteiger partial charge in [0.15, 0.2) is 0 Å². The van der Waals surface area contributed by atoms with Crippen LogP contribution in [0, 0.1) is 5.82 Å². The predicted molar refractivity (Wildman–Crippen MR) is 66.6 cm³/mol. The average molecular weight is 240 g/mol. The quantitative estimate of drug-likeness (QED) is 0.630. The highest BCUT2D eigenvalue weighted by Gasteiger charge is 2.38. The maximum absolute atomic E-state index is 12.9. The van der Waals surface area contributed by atoms with Gasteiger partial charge < -0.3 is 0 Å². The third-order valence-corrected chi connectivity index (χ3v) is 4.82. The number of nitrogens with one attached hydrogen (secondary N) is 1. The maximum atomic E-state index is 12.9. The molecule has 0 aliphatic carbocycles. The number of halogens is 1. The van der Waals surface area contributed by atoms with Crippen molar-refractivity contribution < 1.29 is 4.39 Å². The van der Waals surface area contributed by atoms with Gasteiger partial charge in [0.2, 0.25) is 0 Å². The van der Waals surface area contributed by atoms with Gasteiger partial charge in [-0.05, 0) is 43.2 Å². The summed E-state index contributed by atoms with van der Waals surface area (Å²) >= 11 is 1.94. The van der Waals surface area contributed by atoms with Gasteiger partial charge in [-0.1, -0.05) is 12.1 Å². The van der Waals surface area contributed by atoms with Gasteiger partial charge in [-0.15, -0.1) is 0 Å². The number of benzene rings is 1. The van der Waals surface area contributed by atoms with Crippen LogP contribution in [0.15, 0.2) is 24.3 Å². The molecule has 0 bridgehead atoms. The van der Waals surface area contributed by atoms with Gasteiger partial charge in [0.25, 0.3) is 0 Å². The minimum absolute atomic E-state index is 0.0839. The fourth-order valence-corrected chi connectivity index (χ4v) is 3.72. The van der Waals surface area contributed by atoms with Gasteiger partial charge in [-0.3, -0.25) is 11.3 Å². The van der Waals surface area contributed by atoms with Crippen LogP contribution in [0.4, 0.5) is 4.39 Å². The highest BCUT2D eigenvalue weighted by Crippen LogP contribution is 2.46. The van der Waals surface area contributed by atoms with E-state index in [1.54, 1.807) is 0 Å². The molecular formula is C12H17FN2S. The normalized spacial score (nSPS) is 26.9. The van der Waals surface area contributed by atoms with Crippen molar-refractivity contribution in [1.82, 2.24) is 5.43 Å². The van der Waals surface area contributed by atoms with Crippen molar-refractivity contribution in [2.45, 2.75) is 30.6 Å². The van der Waals surface area contributed by atoms with Gasteiger partial charge in [0, 0.05) is 4.75 Å². The Morgan fingerprint density at radius 3 is 2.62 bits per heavy atom. The van der Waals surface area contributed by atoms with E-state index in [9.17, 15) is 4.39 Å². The molecular weight excluding hydrogens is 223 g/mol. The Morgan fingerprint density at radius 1 is 1.44 bits per heavy atom. The second-order valence-corrected chi connectivity index (χ2v) is 6.05. The molecule has 0 radical (unpaired) electrons. The van der Waals surface area contributed by atoms with Crippen LogP contribution in [0.1, 0.15) is 31.4 Å². The van der Waals surface area contributed by atoms with Crippen LogP contribution in [0.2, 0.25) is 0 Å². The highest BCUT2D eigenvalue weighted by atomic mass is 32.2. The molecule has 1 saturated heterocycles. The summed E-state index contributed by atoms with van der Waals surface area (Å²) in [6.45, 7) is 2.22. The lowest BCUT2D eigenvalue weighted by Crippen LogP contribution is -2.41. The third kappa shape index (κ3) is 2.24. The molecule has 2 rings (SSSR count). The zero-order valence-electron chi connectivity index (χ0n) is 9.37. The first-order valence-electron chi connectivity index (χ1n) is 5.51. The number of hydrogen-bond acceptors (Lipinski definition) is 3. The van der Waals surface area contributed by atoms with E-state index >= 15 is 0 Å². The van der Waals surface area contributed by atoms with E-state index in [0.717, 1.165) is 12.0 Å². The van der Waals surface area contributed by atoms with Gasteiger partial charge in [0.05, 0.1) is 6.04 Å². The lowest BCUT2D eigenvalue weighted by Gasteiger charge is -2.33. The van der Waals surface area contributed by atoms with Gasteiger partial charge >= 0.3 is 0 Å². The van der Waals surface area contributed by atoms with Crippen molar-refractivity contribution in [2.24, 2.45) is 5.84 Å². The molecule has 0 aromatic heterocycles. The molecule has 1 aromatic rings. The molecule has 2 nitrogen and oxygen atoms in total. The molecule has 1 fully saturated rings. The van der Waals surface area contributed by atoms with Crippen molar-refractivity contribution in [3.63, 3.8) is 0 Å². The molecule has 0 spiro atoms.